The molecule has 1 nitrogen and oxygen atoms in total. The smallest absolute Gasteiger partial charge is 0.136 e. The number of allylic oxidation sites excluding steroid dienone is 1. The van der Waals surface area contributed by atoms with E-state index >= 15 is 0 Å². The van der Waals surface area contributed by atoms with Crippen LogP contribution >= 0.6 is 0 Å². The zero-order valence-electron chi connectivity index (χ0n) is 11.2. The van der Waals surface area contributed by atoms with Gasteiger partial charge < -0.3 is 0 Å². The molecule has 0 heterocycles. The van der Waals surface area contributed by atoms with E-state index in [0.717, 1.165) is 36.7 Å². The largest absolute Gasteiger partial charge is 0.299 e. The molecular weight excluding hydrogens is 208 g/mol. The quantitative estimate of drug-likeness (QED) is 0.654. The molecule has 0 saturated heterocycles. The van der Waals surface area contributed by atoms with Crippen LogP contribution in [0.25, 0.3) is 0 Å². The number of ketones is 1. The average molecular weight is 234 g/mol. The summed E-state index contributed by atoms with van der Waals surface area (Å²) in [5.74, 6) is 2.72. The van der Waals surface area contributed by atoms with Gasteiger partial charge in [0.2, 0.25) is 0 Å². The van der Waals surface area contributed by atoms with E-state index in [9.17, 15) is 4.79 Å². The summed E-state index contributed by atoms with van der Waals surface area (Å²) in [4.78, 5) is 12.1. The number of carbonyl (C=O) groups excluding carboxylic acids is 1. The van der Waals surface area contributed by atoms with Crippen molar-refractivity contribution >= 4 is 5.78 Å². The van der Waals surface area contributed by atoms with Gasteiger partial charge in [0.1, 0.15) is 5.78 Å². The standard InChI is InChI=1S/C16H26O/c1-12(2)7-10-16(17)15-9-8-13-5-3-4-6-14(13)11-15/h13-15H,1,3-11H2,2H3. The Kier molecular flexibility index (Phi) is 4.42. The molecule has 0 N–H and O–H groups in total. The van der Waals surface area contributed by atoms with E-state index in [1.807, 2.05) is 6.92 Å². The van der Waals surface area contributed by atoms with Crippen LogP contribution < -0.4 is 0 Å². The Bertz CT molecular complexity index is 292. The normalized spacial score (nSPS) is 32.9. The van der Waals surface area contributed by atoms with Crippen LogP contribution in [0.2, 0.25) is 0 Å². The number of hydrogen-bond donors (Lipinski definition) is 0. The molecule has 2 saturated carbocycles. The minimum Gasteiger partial charge on any atom is -0.299 e. The maximum absolute atomic E-state index is 12.1. The fourth-order valence-electron chi connectivity index (χ4n) is 3.71. The van der Waals surface area contributed by atoms with E-state index in [1.165, 1.54) is 38.5 Å². The van der Waals surface area contributed by atoms with Crippen LogP contribution in [-0.4, -0.2) is 5.78 Å². The van der Waals surface area contributed by atoms with Gasteiger partial charge in [0.25, 0.3) is 0 Å². The van der Waals surface area contributed by atoms with Gasteiger partial charge >= 0.3 is 0 Å². The van der Waals surface area contributed by atoms with E-state index in [2.05, 4.69) is 6.58 Å². The molecule has 0 radical (unpaired) electrons. The van der Waals surface area contributed by atoms with E-state index in [0.29, 0.717) is 11.7 Å². The summed E-state index contributed by atoms with van der Waals surface area (Å²) in [7, 11) is 0. The van der Waals surface area contributed by atoms with Gasteiger partial charge in [0.15, 0.2) is 0 Å². The van der Waals surface area contributed by atoms with Gasteiger partial charge in [-0.1, -0.05) is 31.3 Å². The monoisotopic (exact) mass is 234 g/mol. The Morgan fingerprint density at radius 2 is 1.76 bits per heavy atom. The summed E-state index contributed by atoms with van der Waals surface area (Å²) in [5, 5.41) is 0. The summed E-state index contributed by atoms with van der Waals surface area (Å²) < 4.78 is 0. The lowest BCUT2D eigenvalue weighted by molar-refractivity contribution is -0.125. The highest BCUT2D eigenvalue weighted by atomic mass is 16.1. The third kappa shape index (κ3) is 3.43. The topological polar surface area (TPSA) is 17.1 Å². The van der Waals surface area contributed by atoms with Crippen molar-refractivity contribution in [2.45, 2.75) is 64.7 Å². The molecule has 0 aliphatic heterocycles. The van der Waals surface area contributed by atoms with Gasteiger partial charge in [-0.25, -0.2) is 0 Å². The molecule has 2 aliphatic rings. The van der Waals surface area contributed by atoms with Crippen molar-refractivity contribution in [3.05, 3.63) is 12.2 Å². The highest BCUT2D eigenvalue weighted by Gasteiger charge is 2.34. The second-order valence-corrected chi connectivity index (χ2v) is 6.24. The highest BCUT2D eigenvalue weighted by Crippen LogP contribution is 2.43. The zero-order chi connectivity index (χ0) is 12.3. The minimum absolute atomic E-state index is 0.383. The van der Waals surface area contributed by atoms with Crippen molar-refractivity contribution in [1.82, 2.24) is 0 Å². The van der Waals surface area contributed by atoms with Gasteiger partial charge in [-0.05, 0) is 44.4 Å². The predicted molar refractivity (Wildman–Crippen MR) is 71.8 cm³/mol. The Labute approximate surface area is 106 Å². The first-order valence-corrected chi connectivity index (χ1v) is 7.34. The first-order valence-electron chi connectivity index (χ1n) is 7.34. The molecule has 0 aromatic rings. The lowest BCUT2D eigenvalue weighted by Gasteiger charge is -2.38. The Morgan fingerprint density at radius 3 is 2.47 bits per heavy atom. The Morgan fingerprint density at radius 1 is 1.06 bits per heavy atom. The molecule has 0 spiro atoms. The Hall–Kier alpha value is -0.590. The van der Waals surface area contributed by atoms with E-state index < -0.39 is 0 Å². The van der Waals surface area contributed by atoms with Crippen molar-refractivity contribution < 1.29 is 4.79 Å². The summed E-state index contributed by atoms with van der Waals surface area (Å²) in [6.45, 7) is 5.90. The lowest BCUT2D eigenvalue weighted by Crippen LogP contribution is -2.31. The maximum atomic E-state index is 12.1. The number of rotatable bonds is 4. The number of Topliss-reactive ketones (excluding diaryl/α,β-unsaturated/α-hetero) is 1. The average Bonchev–Trinajstić information content (AvgIpc) is 2.35. The fraction of sp³-hybridized carbons (Fsp3) is 0.812. The van der Waals surface area contributed by atoms with Crippen LogP contribution in [-0.2, 0) is 4.79 Å². The van der Waals surface area contributed by atoms with Crippen molar-refractivity contribution in [1.29, 1.82) is 0 Å². The number of hydrogen-bond acceptors (Lipinski definition) is 1. The van der Waals surface area contributed by atoms with Gasteiger partial charge in [-0.3, -0.25) is 4.79 Å². The molecule has 1 heteroatoms. The predicted octanol–water partition coefficient (Wildman–Crippen LogP) is 4.52. The van der Waals surface area contributed by atoms with Crippen LogP contribution in [0.1, 0.15) is 64.7 Å². The van der Waals surface area contributed by atoms with Gasteiger partial charge in [-0.15, -0.1) is 6.58 Å². The Balaban J connectivity index is 1.82. The van der Waals surface area contributed by atoms with Crippen LogP contribution in [0.15, 0.2) is 12.2 Å². The lowest BCUT2D eigenvalue weighted by atomic mass is 9.66. The van der Waals surface area contributed by atoms with Gasteiger partial charge in [-0.2, -0.15) is 0 Å². The van der Waals surface area contributed by atoms with Crippen molar-refractivity contribution in [2.75, 3.05) is 0 Å². The number of fused-ring (bicyclic) bond motifs is 1. The zero-order valence-corrected chi connectivity index (χ0v) is 11.2. The van der Waals surface area contributed by atoms with Crippen molar-refractivity contribution in [3.8, 4) is 0 Å². The van der Waals surface area contributed by atoms with Crippen LogP contribution in [0, 0.1) is 17.8 Å². The van der Waals surface area contributed by atoms with Crippen LogP contribution in [0.4, 0.5) is 0 Å². The molecule has 2 fully saturated rings. The van der Waals surface area contributed by atoms with Gasteiger partial charge in [0.05, 0.1) is 0 Å². The molecule has 17 heavy (non-hydrogen) atoms. The number of carbonyl (C=O) groups is 1. The van der Waals surface area contributed by atoms with Crippen LogP contribution in [0.5, 0.6) is 0 Å². The van der Waals surface area contributed by atoms with Crippen LogP contribution in [0.3, 0.4) is 0 Å². The highest BCUT2D eigenvalue weighted by molar-refractivity contribution is 5.81. The molecule has 0 aromatic heterocycles. The molecule has 2 rings (SSSR count). The van der Waals surface area contributed by atoms with Crippen molar-refractivity contribution in [2.24, 2.45) is 17.8 Å². The summed E-state index contributed by atoms with van der Waals surface area (Å²) >= 11 is 0. The molecule has 0 amide bonds. The maximum Gasteiger partial charge on any atom is 0.136 e. The van der Waals surface area contributed by atoms with E-state index in [4.69, 9.17) is 0 Å². The van der Waals surface area contributed by atoms with Gasteiger partial charge in [0, 0.05) is 12.3 Å². The molecule has 96 valence electrons. The minimum atomic E-state index is 0.383. The summed E-state index contributed by atoms with van der Waals surface area (Å²) in [6.07, 6.45) is 10.9. The molecule has 2 aliphatic carbocycles. The summed E-state index contributed by atoms with van der Waals surface area (Å²) in [5.41, 5.74) is 1.14. The van der Waals surface area contributed by atoms with E-state index in [-0.39, 0.29) is 0 Å². The first-order chi connectivity index (χ1) is 8.16. The van der Waals surface area contributed by atoms with Crippen molar-refractivity contribution in [3.63, 3.8) is 0 Å². The third-order valence-electron chi connectivity index (χ3n) is 4.79. The molecule has 3 unspecified atom stereocenters. The van der Waals surface area contributed by atoms with E-state index in [1.54, 1.807) is 0 Å². The SMILES string of the molecule is C=C(C)CCC(=O)C1CCC2CCCCC2C1. The summed E-state index contributed by atoms with van der Waals surface area (Å²) in [6, 6.07) is 0. The fourth-order valence-corrected chi connectivity index (χ4v) is 3.71. The second kappa shape index (κ2) is 5.84. The molecule has 0 bridgehead atoms. The third-order valence-corrected chi connectivity index (χ3v) is 4.79. The first kappa shape index (κ1) is 12.9. The second-order valence-electron chi connectivity index (χ2n) is 6.24. The molecular formula is C16H26O. The molecule has 0 aromatic carbocycles. The molecule has 3 atom stereocenters.